The van der Waals surface area contributed by atoms with Crippen LogP contribution in [0.2, 0.25) is 0 Å². The highest BCUT2D eigenvalue weighted by atomic mass is 32.2. The Balaban J connectivity index is 1.53. The van der Waals surface area contributed by atoms with Crippen LogP contribution in [0.4, 0.5) is 11.4 Å². The molecule has 168 valence electrons. The van der Waals surface area contributed by atoms with Crippen LogP contribution in [0, 0.1) is 6.92 Å². The number of ether oxygens (including phenoxy) is 1. The van der Waals surface area contributed by atoms with Crippen LogP contribution in [-0.2, 0) is 11.4 Å². The van der Waals surface area contributed by atoms with E-state index < -0.39 is 5.25 Å². The van der Waals surface area contributed by atoms with Gasteiger partial charge in [0.2, 0.25) is 5.91 Å². The van der Waals surface area contributed by atoms with Crippen molar-refractivity contribution in [2.24, 2.45) is 0 Å². The fourth-order valence-electron chi connectivity index (χ4n) is 3.18. The molecule has 0 aliphatic carbocycles. The topological polar surface area (TPSA) is 95.1 Å². The standard InChI is InChI=1S/C25H25N5O2S/c1-17-7-6-10-22(15-17)32-16-23-28-29-25(30(23)21-8-4-3-5-9-21)33-18(2)24(31)27-20-13-11-19(26)12-14-20/h3-15,18H,16,26H2,1-2H3,(H,27,31)/t18-/m0/s1. The monoisotopic (exact) mass is 459 g/mol. The van der Waals surface area contributed by atoms with Gasteiger partial charge in [-0.05, 0) is 67.9 Å². The number of rotatable bonds is 8. The summed E-state index contributed by atoms with van der Waals surface area (Å²) in [5, 5.41) is 11.8. The minimum absolute atomic E-state index is 0.134. The molecule has 0 saturated carbocycles. The smallest absolute Gasteiger partial charge is 0.237 e. The molecule has 0 saturated heterocycles. The van der Waals surface area contributed by atoms with E-state index in [2.05, 4.69) is 15.5 Å². The number of aromatic nitrogens is 3. The van der Waals surface area contributed by atoms with Crippen molar-refractivity contribution < 1.29 is 9.53 Å². The van der Waals surface area contributed by atoms with E-state index >= 15 is 0 Å². The van der Waals surface area contributed by atoms with E-state index in [0.29, 0.717) is 22.4 Å². The number of amides is 1. The number of nitrogens with two attached hydrogens (primary N) is 1. The Morgan fingerprint density at radius 3 is 2.55 bits per heavy atom. The summed E-state index contributed by atoms with van der Waals surface area (Å²) in [5.74, 6) is 1.28. The molecule has 0 spiro atoms. The summed E-state index contributed by atoms with van der Waals surface area (Å²) in [6.45, 7) is 4.10. The number of nitrogen functional groups attached to an aromatic ring is 1. The molecule has 1 atom stereocenters. The predicted molar refractivity (Wildman–Crippen MR) is 132 cm³/mol. The molecule has 3 aromatic carbocycles. The van der Waals surface area contributed by atoms with Gasteiger partial charge in [0.1, 0.15) is 12.4 Å². The van der Waals surface area contributed by atoms with Gasteiger partial charge in [-0.25, -0.2) is 0 Å². The molecule has 0 bridgehead atoms. The normalized spacial score (nSPS) is 11.7. The van der Waals surface area contributed by atoms with Gasteiger partial charge >= 0.3 is 0 Å². The van der Waals surface area contributed by atoms with Crippen LogP contribution in [0.3, 0.4) is 0 Å². The molecule has 33 heavy (non-hydrogen) atoms. The number of hydrogen-bond acceptors (Lipinski definition) is 6. The Labute approximate surface area is 197 Å². The van der Waals surface area contributed by atoms with Gasteiger partial charge in [0.05, 0.1) is 5.25 Å². The zero-order valence-corrected chi connectivity index (χ0v) is 19.3. The molecule has 0 radical (unpaired) electrons. The Morgan fingerprint density at radius 2 is 1.82 bits per heavy atom. The number of aryl methyl sites for hydroxylation is 1. The summed E-state index contributed by atoms with van der Waals surface area (Å²) >= 11 is 1.34. The molecule has 0 aliphatic rings. The maximum absolute atomic E-state index is 12.8. The average Bonchev–Trinajstić information content (AvgIpc) is 3.22. The lowest BCUT2D eigenvalue weighted by Crippen LogP contribution is -2.23. The number of para-hydroxylation sites is 1. The molecule has 0 fully saturated rings. The van der Waals surface area contributed by atoms with Crippen molar-refractivity contribution in [3.63, 3.8) is 0 Å². The first-order valence-corrected chi connectivity index (χ1v) is 11.4. The fraction of sp³-hybridized carbons (Fsp3) is 0.160. The van der Waals surface area contributed by atoms with Gasteiger partial charge in [-0.1, -0.05) is 42.1 Å². The Morgan fingerprint density at radius 1 is 1.06 bits per heavy atom. The van der Waals surface area contributed by atoms with Gasteiger partial charge in [0.15, 0.2) is 11.0 Å². The molecule has 4 rings (SSSR count). The summed E-state index contributed by atoms with van der Waals surface area (Å²) in [4.78, 5) is 12.8. The van der Waals surface area contributed by atoms with Gasteiger partial charge in [0.25, 0.3) is 0 Å². The number of carbonyl (C=O) groups is 1. The molecule has 1 amide bonds. The lowest BCUT2D eigenvalue weighted by Gasteiger charge is -2.14. The summed E-state index contributed by atoms with van der Waals surface area (Å²) in [7, 11) is 0. The maximum Gasteiger partial charge on any atom is 0.237 e. The number of carbonyl (C=O) groups excluding carboxylic acids is 1. The number of thioether (sulfide) groups is 1. The zero-order valence-electron chi connectivity index (χ0n) is 18.4. The highest BCUT2D eigenvalue weighted by Gasteiger charge is 2.21. The Bertz CT molecular complexity index is 1230. The number of nitrogens with one attached hydrogen (secondary N) is 1. The van der Waals surface area contributed by atoms with Crippen LogP contribution in [-0.4, -0.2) is 25.9 Å². The van der Waals surface area contributed by atoms with Crippen LogP contribution >= 0.6 is 11.8 Å². The van der Waals surface area contributed by atoms with Crippen molar-refractivity contribution in [2.45, 2.75) is 30.9 Å². The summed E-state index contributed by atoms with van der Waals surface area (Å²) in [5.41, 5.74) is 9.08. The van der Waals surface area contributed by atoms with E-state index in [1.807, 2.05) is 73.0 Å². The van der Waals surface area contributed by atoms with Gasteiger partial charge in [-0.15, -0.1) is 10.2 Å². The third-order valence-electron chi connectivity index (χ3n) is 4.90. The highest BCUT2D eigenvalue weighted by molar-refractivity contribution is 8.00. The number of anilines is 2. The maximum atomic E-state index is 12.8. The predicted octanol–water partition coefficient (Wildman–Crippen LogP) is 4.86. The van der Waals surface area contributed by atoms with Crippen LogP contribution in [0.25, 0.3) is 5.69 Å². The zero-order chi connectivity index (χ0) is 23.2. The number of hydrogen-bond donors (Lipinski definition) is 2. The molecular formula is C25H25N5O2S. The first-order chi connectivity index (χ1) is 16.0. The largest absolute Gasteiger partial charge is 0.486 e. The van der Waals surface area contributed by atoms with Crippen LogP contribution in [0.1, 0.15) is 18.3 Å². The minimum atomic E-state index is -0.403. The molecule has 0 aliphatic heterocycles. The lowest BCUT2D eigenvalue weighted by molar-refractivity contribution is -0.115. The molecule has 1 heterocycles. The summed E-state index contributed by atoms with van der Waals surface area (Å²) < 4.78 is 7.89. The van der Waals surface area contributed by atoms with Gasteiger partial charge in [-0.2, -0.15) is 0 Å². The van der Waals surface area contributed by atoms with E-state index in [9.17, 15) is 4.79 Å². The summed E-state index contributed by atoms with van der Waals surface area (Å²) in [6.07, 6.45) is 0. The van der Waals surface area contributed by atoms with E-state index in [0.717, 1.165) is 17.0 Å². The van der Waals surface area contributed by atoms with E-state index in [4.69, 9.17) is 10.5 Å². The van der Waals surface area contributed by atoms with Crippen molar-refractivity contribution in [1.29, 1.82) is 0 Å². The number of nitrogens with zero attached hydrogens (tertiary/aromatic N) is 3. The quantitative estimate of drug-likeness (QED) is 0.289. The van der Waals surface area contributed by atoms with Crippen molar-refractivity contribution in [1.82, 2.24) is 14.8 Å². The Hall–Kier alpha value is -3.78. The molecule has 1 aromatic heterocycles. The minimum Gasteiger partial charge on any atom is -0.486 e. The molecule has 4 aromatic rings. The van der Waals surface area contributed by atoms with Gasteiger partial charge in [-0.3, -0.25) is 9.36 Å². The van der Waals surface area contributed by atoms with E-state index in [1.165, 1.54) is 11.8 Å². The van der Waals surface area contributed by atoms with Gasteiger partial charge in [0, 0.05) is 17.1 Å². The van der Waals surface area contributed by atoms with Crippen LogP contribution in [0.5, 0.6) is 5.75 Å². The molecule has 0 unspecified atom stereocenters. The SMILES string of the molecule is Cc1cccc(OCc2nnc(S[C@@H](C)C(=O)Nc3ccc(N)cc3)n2-c2ccccc2)c1. The van der Waals surface area contributed by atoms with E-state index in [-0.39, 0.29) is 12.5 Å². The first kappa shape index (κ1) is 22.4. The molecule has 3 N–H and O–H groups in total. The third kappa shape index (κ3) is 5.72. The Kier molecular flexibility index (Phi) is 6.95. The summed E-state index contributed by atoms with van der Waals surface area (Å²) in [6, 6.07) is 24.7. The third-order valence-corrected chi connectivity index (χ3v) is 5.94. The van der Waals surface area contributed by atoms with Crippen molar-refractivity contribution in [3.05, 3.63) is 90.3 Å². The second-order valence-corrected chi connectivity index (χ2v) is 8.85. The first-order valence-electron chi connectivity index (χ1n) is 10.5. The molecule has 8 heteroatoms. The van der Waals surface area contributed by atoms with Crippen molar-refractivity contribution in [3.8, 4) is 11.4 Å². The highest BCUT2D eigenvalue weighted by Crippen LogP contribution is 2.27. The van der Waals surface area contributed by atoms with Crippen molar-refractivity contribution in [2.75, 3.05) is 11.1 Å². The molecular weight excluding hydrogens is 434 g/mol. The van der Waals surface area contributed by atoms with Crippen molar-refractivity contribution >= 4 is 29.0 Å². The van der Waals surface area contributed by atoms with Crippen LogP contribution < -0.4 is 15.8 Å². The van der Waals surface area contributed by atoms with E-state index in [1.54, 1.807) is 24.3 Å². The molecule has 7 nitrogen and oxygen atoms in total. The average molecular weight is 460 g/mol. The fourth-order valence-corrected chi connectivity index (χ4v) is 4.07. The second kappa shape index (κ2) is 10.2. The van der Waals surface area contributed by atoms with Gasteiger partial charge < -0.3 is 15.8 Å². The number of benzene rings is 3. The lowest BCUT2D eigenvalue weighted by atomic mass is 10.2. The van der Waals surface area contributed by atoms with Crippen LogP contribution in [0.15, 0.2) is 84.0 Å². The second-order valence-electron chi connectivity index (χ2n) is 7.55.